The molecular weight excluding hydrogens is 379 g/mol. The van der Waals surface area contributed by atoms with E-state index in [1.54, 1.807) is 0 Å². The Morgan fingerprint density at radius 1 is 1.19 bits per heavy atom. The van der Waals surface area contributed by atoms with E-state index in [1.807, 2.05) is 30.3 Å². The van der Waals surface area contributed by atoms with E-state index in [1.165, 1.54) is 19.2 Å². The molecule has 0 aliphatic heterocycles. The van der Waals surface area contributed by atoms with Crippen molar-refractivity contribution in [3.05, 3.63) is 63.9 Å². The average molecular weight is 395 g/mol. The largest absolute Gasteiger partial charge is 0.452 e. The van der Waals surface area contributed by atoms with E-state index in [2.05, 4.69) is 10.3 Å². The number of esters is 1. The SMILES string of the molecule is CC(=O)[C@@H](Cc1ccccc1)NC(=O)COC(=O)c1cnc(Cl)c(Cl)c1. The fraction of sp³-hybridized carbons (Fsp3) is 0.222. The summed E-state index contributed by atoms with van der Waals surface area (Å²) in [5.74, 6) is -1.54. The highest BCUT2D eigenvalue weighted by atomic mass is 35.5. The molecule has 2 rings (SSSR count). The van der Waals surface area contributed by atoms with E-state index in [9.17, 15) is 14.4 Å². The molecular formula is C18H16Cl2N2O4. The van der Waals surface area contributed by atoms with Crippen LogP contribution in [0.1, 0.15) is 22.8 Å². The Morgan fingerprint density at radius 2 is 1.88 bits per heavy atom. The third-order valence-corrected chi connectivity index (χ3v) is 4.16. The van der Waals surface area contributed by atoms with Gasteiger partial charge >= 0.3 is 5.97 Å². The molecule has 0 saturated carbocycles. The summed E-state index contributed by atoms with van der Waals surface area (Å²) >= 11 is 11.5. The van der Waals surface area contributed by atoms with Gasteiger partial charge in [-0.2, -0.15) is 0 Å². The van der Waals surface area contributed by atoms with Gasteiger partial charge in [-0.15, -0.1) is 0 Å². The van der Waals surface area contributed by atoms with Crippen LogP contribution < -0.4 is 5.32 Å². The molecule has 1 N–H and O–H groups in total. The molecule has 8 heteroatoms. The second-order valence-corrected chi connectivity index (χ2v) is 6.26. The topological polar surface area (TPSA) is 85.4 Å². The molecule has 0 radical (unpaired) electrons. The monoisotopic (exact) mass is 394 g/mol. The van der Waals surface area contributed by atoms with Crippen LogP contribution in [0.15, 0.2) is 42.6 Å². The molecule has 0 aliphatic carbocycles. The minimum atomic E-state index is -0.770. The number of ether oxygens (including phenoxy) is 1. The van der Waals surface area contributed by atoms with Crippen LogP contribution in [-0.2, 0) is 20.7 Å². The van der Waals surface area contributed by atoms with Crippen LogP contribution in [0.2, 0.25) is 10.2 Å². The number of amides is 1. The van der Waals surface area contributed by atoms with Crippen molar-refractivity contribution in [1.82, 2.24) is 10.3 Å². The molecule has 1 aromatic heterocycles. The van der Waals surface area contributed by atoms with Crippen molar-refractivity contribution >= 4 is 40.9 Å². The van der Waals surface area contributed by atoms with Crippen molar-refractivity contribution in [2.75, 3.05) is 6.61 Å². The molecule has 1 heterocycles. The van der Waals surface area contributed by atoms with E-state index >= 15 is 0 Å². The Morgan fingerprint density at radius 3 is 2.50 bits per heavy atom. The summed E-state index contributed by atoms with van der Waals surface area (Å²) in [5.41, 5.74) is 0.978. The normalized spacial score (nSPS) is 11.5. The van der Waals surface area contributed by atoms with Crippen molar-refractivity contribution in [1.29, 1.82) is 0 Å². The van der Waals surface area contributed by atoms with Gasteiger partial charge in [0.25, 0.3) is 5.91 Å². The molecule has 0 fully saturated rings. The van der Waals surface area contributed by atoms with Crippen LogP contribution >= 0.6 is 23.2 Å². The summed E-state index contributed by atoms with van der Waals surface area (Å²) in [6.45, 7) is 0.860. The van der Waals surface area contributed by atoms with Crippen LogP contribution in [0, 0.1) is 0 Å². The maximum Gasteiger partial charge on any atom is 0.340 e. The van der Waals surface area contributed by atoms with Gasteiger partial charge in [0, 0.05) is 6.20 Å². The maximum atomic E-state index is 12.0. The molecule has 0 saturated heterocycles. The van der Waals surface area contributed by atoms with E-state index < -0.39 is 24.5 Å². The number of ketones is 1. The summed E-state index contributed by atoms with van der Waals surface area (Å²) in [6.07, 6.45) is 1.55. The van der Waals surface area contributed by atoms with Gasteiger partial charge in [-0.05, 0) is 25.0 Å². The van der Waals surface area contributed by atoms with E-state index in [-0.39, 0.29) is 21.5 Å². The molecule has 1 amide bonds. The number of hydrogen-bond acceptors (Lipinski definition) is 5. The Labute approximate surface area is 160 Å². The van der Waals surface area contributed by atoms with Crippen molar-refractivity contribution in [2.45, 2.75) is 19.4 Å². The molecule has 6 nitrogen and oxygen atoms in total. The summed E-state index contributed by atoms with van der Waals surface area (Å²) < 4.78 is 4.91. The summed E-state index contributed by atoms with van der Waals surface area (Å²) in [4.78, 5) is 39.4. The minimum absolute atomic E-state index is 0.0613. The number of rotatable bonds is 7. The molecule has 2 aromatic rings. The standard InChI is InChI=1S/C18H16Cl2N2O4/c1-11(23)15(7-12-5-3-2-4-6-12)22-16(24)10-26-18(25)13-8-14(19)17(20)21-9-13/h2-6,8-9,15H,7,10H2,1H3,(H,22,24)/t15-/m1/s1. The van der Waals surface area contributed by atoms with Gasteiger partial charge in [-0.1, -0.05) is 53.5 Å². The van der Waals surface area contributed by atoms with Gasteiger partial charge in [0.1, 0.15) is 5.15 Å². The molecule has 0 spiro atoms. The number of benzene rings is 1. The third-order valence-electron chi connectivity index (χ3n) is 3.47. The number of hydrogen-bond donors (Lipinski definition) is 1. The van der Waals surface area contributed by atoms with Crippen molar-refractivity contribution in [3.8, 4) is 0 Å². The average Bonchev–Trinajstić information content (AvgIpc) is 2.62. The van der Waals surface area contributed by atoms with Crippen LogP contribution in [0.4, 0.5) is 0 Å². The van der Waals surface area contributed by atoms with Gasteiger partial charge in [-0.25, -0.2) is 9.78 Å². The predicted octanol–water partition coefficient (Wildman–Crippen LogP) is 2.86. The lowest BCUT2D eigenvalue weighted by Crippen LogP contribution is -2.43. The molecule has 26 heavy (non-hydrogen) atoms. The Kier molecular flexibility index (Phi) is 7.12. The first kappa shape index (κ1) is 19.9. The first-order valence-corrected chi connectivity index (χ1v) is 8.44. The quantitative estimate of drug-likeness (QED) is 0.576. The molecule has 0 bridgehead atoms. The number of pyridine rings is 1. The smallest absolute Gasteiger partial charge is 0.340 e. The number of carbonyl (C=O) groups is 3. The summed E-state index contributed by atoms with van der Waals surface area (Å²) in [7, 11) is 0. The van der Waals surface area contributed by atoms with Crippen molar-refractivity contribution in [3.63, 3.8) is 0 Å². The second kappa shape index (κ2) is 9.31. The Bertz CT molecular complexity index is 812. The molecule has 0 aliphatic rings. The van der Waals surface area contributed by atoms with E-state index in [4.69, 9.17) is 27.9 Å². The lowest BCUT2D eigenvalue weighted by Gasteiger charge is -2.16. The zero-order valence-corrected chi connectivity index (χ0v) is 15.4. The number of carbonyl (C=O) groups excluding carboxylic acids is 3. The van der Waals surface area contributed by atoms with Crippen molar-refractivity contribution in [2.24, 2.45) is 0 Å². The summed E-state index contributed by atoms with van der Waals surface area (Å²) in [5, 5.41) is 2.73. The highest BCUT2D eigenvalue weighted by Crippen LogP contribution is 2.20. The van der Waals surface area contributed by atoms with E-state index in [0.717, 1.165) is 5.56 Å². The second-order valence-electron chi connectivity index (χ2n) is 5.49. The third kappa shape index (κ3) is 5.82. The lowest BCUT2D eigenvalue weighted by atomic mass is 10.0. The van der Waals surface area contributed by atoms with Gasteiger partial charge in [0.05, 0.1) is 16.6 Å². The van der Waals surface area contributed by atoms with Gasteiger partial charge < -0.3 is 10.1 Å². The first-order valence-electron chi connectivity index (χ1n) is 7.68. The number of Topliss-reactive ketones (excluding diaryl/α,β-unsaturated/α-hetero) is 1. The first-order chi connectivity index (χ1) is 12.4. The molecule has 0 unspecified atom stereocenters. The number of nitrogens with zero attached hydrogens (tertiary/aromatic N) is 1. The molecule has 1 aromatic carbocycles. The molecule has 1 atom stereocenters. The van der Waals surface area contributed by atoms with Gasteiger partial charge in [-0.3, -0.25) is 9.59 Å². The van der Waals surface area contributed by atoms with Crippen LogP contribution in [0.5, 0.6) is 0 Å². The van der Waals surface area contributed by atoms with E-state index in [0.29, 0.717) is 6.42 Å². The Hall–Kier alpha value is -2.44. The summed E-state index contributed by atoms with van der Waals surface area (Å²) in [6, 6.07) is 9.88. The van der Waals surface area contributed by atoms with Crippen molar-refractivity contribution < 1.29 is 19.1 Å². The van der Waals surface area contributed by atoms with Gasteiger partial charge in [0.2, 0.25) is 0 Å². The fourth-order valence-electron chi connectivity index (χ4n) is 2.13. The predicted molar refractivity (Wildman–Crippen MR) is 97.3 cm³/mol. The highest BCUT2D eigenvalue weighted by Gasteiger charge is 2.19. The molecule has 136 valence electrons. The van der Waals surface area contributed by atoms with Crippen LogP contribution in [0.3, 0.4) is 0 Å². The van der Waals surface area contributed by atoms with Gasteiger partial charge in [0.15, 0.2) is 12.4 Å². The highest BCUT2D eigenvalue weighted by molar-refractivity contribution is 6.41. The zero-order valence-electron chi connectivity index (χ0n) is 13.9. The van der Waals surface area contributed by atoms with Crippen LogP contribution in [-0.4, -0.2) is 35.3 Å². The number of nitrogens with one attached hydrogen (secondary N) is 1. The Balaban J connectivity index is 1.90. The zero-order chi connectivity index (χ0) is 19.1. The fourth-order valence-corrected chi connectivity index (χ4v) is 2.40. The number of halogens is 2. The van der Waals surface area contributed by atoms with Crippen LogP contribution in [0.25, 0.3) is 0 Å². The minimum Gasteiger partial charge on any atom is -0.452 e. The number of aromatic nitrogens is 1. The maximum absolute atomic E-state index is 12.0. The lowest BCUT2D eigenvalue weighted by molar-refractivity contribution is -0.128.